The highest BCUT2D eigenvalue weighted by molar-refractivity contribution is 9.10. The Hall–Kier alpha value is -1.37. The Morgan fingerprint density at radius 3 is 2.41 bits per heavy atom. The molecule has 0 fully saturated rings. The van der Waals surface area contributed by atoms with Crippen molar-refractivity contribution in [2.45, 2.75) is 24.8 Å². The van der Waals surface area contributed by atoms with E-state index in [2.05, 4.69) is 20.7 Å². The molecule has 2 rings (SSSR count). The third-order valence-corrected chi connectivity index (χ3v) is 5.78. The van der Waals surface area contributed by atoms with Crippen molar-refractivity contribution < 1.29 is 13.2 Å². The highest BCUT2D eigenvalue weighted by Gasteiger charge is 2.23. The molecule has 0 bridgehead atoms. The predicted molar refractivity (Wildman–Crippen MR) is 90.6 cm³/mol. The average molecular weight is 384 g/mol. The van der Waals surface area contributed by atoms with Crippen LogP contribution >= 0.6 is 15.9 Å². The number of ether oxygens (including phenoxy) is 1. The van der Waals surface area contributed by atoms with Gasteiger partial charge >= 0.3 is 0 Å². The quantitative estimate of drug-likeness (QED) is 0.853. The van der Waals surface area contributed by atoms with Gasteiger partial charge in [-0.3, -0.25) is 0 Å². The minimum atomic E-state index is -3.69. The molecule has 0 aliphatic heterocycles. The van der Waals surface area contributed by atoms with Gasteiger partial charge in [-0.2, -0.15) is 0 Å². The van der Waals surface area contributed by atoms with Gasteiger partial charge in [0.1, 0.15) is 10.6 Å². The normalized spacial score (nSPS) is 12.9. The van der Waals surface area contributed by atoms with Crippen LogP contribution < -0.4 is 9.46 Å². The molecule has 2 aromatic carbocycles. The molecule has 0 aromatic heterocycles. The minimum absolute atomic E-state index is 0.121. The van der Waals surface area contributed by atoms with E-state index in [-0.39, 0.29) is 10.9 Å². The van der Waals surface area contributed by atoms with Crippen LogP contribution in [-0.4, -0.2) is 15.5 Å². The zero-order valence-corrected chi connectivity index (χ0v) is 15.0. The third kappa shape index (κ3) is 3.69. The molecule has 22 heavy (non-hydrogen) atoms. The second kappa shape index (κ2) is 6.81. The maximum absolute atomic E-state index is 12.6. The Balaban J connectivity index is 2.37. The summed E-state index contributed by atoms with van der Waals surface area (Å²) in [6, 6.07) is 12.3. The standard InChI is InChI=1S/C16H18BrNO3S/c1-11-9-15(21-3)16(10-14(11)17)22(19,20)18-12(2)13-7-5-4-6-8-13/h4-10,12,18H,1-3H3/t12-/m1/s1. The average Bonchev–Trinajstić information content (AvgIpc) is 2.49. The second-order valence-corrected chi connectivity index (χ2v) is 7.54. The highest BCUT2D eigenvalue weighted by atomic mass is 79.9. The summed E-state index contributed by atoms with van der Waals surface area (Å²) in [6.07, 6.45) is 0. The zero-order valence-electron chi connectivity index (χ0n) is 12.6. The summed E-state index contributed by atoms with van der Waals surface area (Å²) >= 11 is 3.37. The molecule has 1 atom stereocenters. The first kappa shape index (κ1) is 17.0. The number of benzene rings is 2. The molecule has 0 heterocycles. The molecule has 0 saturated carbocycles. The lowest BCUT2D eigenvalue weighted by Crippen LogP contribution is -2.27. The molecule has 2 aromatic rings. The third-order valence-electron chi connectivity index (χ3n) is 3.37. The van der Waals surface area contributed by atoms with Crippen molar-refractivity contribution in [1.82, 2.24) is 4.72 Å². The second-order valence-electron chi connectivity index (χ2n) is 5.01. The Morgan fingerprint density at radius 2 is 1.82 bits per heavy atom. The van der Waals surface area contributed by atoms with Crippen molar-refractivity contribution >= 4 is 26.0 Å². The van der Waals surface area contributed by atoms with Crippen molar-refractivity contribution in [2.75, 3.05) is 7.11 Å². The number of rotatable bonds is 5. The van der Waals surface area contributed by atoms with E-state index in [1.807, 2.05) is 44.2 Å². The van der Waals surface area contributed by atoms with Crippen molar-refractivity contribution in [3.63, 3.8) is 0 Å². The van der Waals surface area contributed by atoms with Gasteiger partial charge in [-0.1, -0.05) is 46.3 Å². The monoisotopic (exact) mass is 383 g/mol. The van der Waals surface area contributed by atoms with Gasteiger partial charge in [-0.15, -0.1) is 0 Å². The van der Waals surface area contributed by atoms with E-state index < -0.39 is 10.0 Å². The van der Waals surface area contributed by atoms with Gasteiger partial charge in [-0.05, 0) is 37.1 Å². The molecular formula is C16H18BrNO3S. The Kier molecular flexibility index (Phi) is 5.26. The fraction of sp³-hybridized carbons (Fsp3) is 0.250. The summed E-state index contributed by atoms with van der Waals surface area (Å²) in [7, 11) is -2.23. The SMILES string of the molecule is COc1cc(C)c(Br)cc1S(=O)(=O)N[C@H](C)c1ccccc1. The Labute approximate surface area is 139 Å². The summed E-state index contributed by atoms with van der Waals surface area (Å²) in [5, 5.41) is 0. The lowest BCUT2D eigenvalue weighted by Gasteiger charge is -2.17. The maximum atomic E-state index is 12.6. The lowest BCUT2D eigenvalue weighted by molar-refractivity contribution is 0.401. The lowest BCUT2D eigenvalue weighted by atomic mass is 10.1. The van der Waals surface area contributed by atoms with Gasteiger partial charge in [-0.25, -0.2) is 13.1 Å². The van der Waals surface area contributed by atoms with Crippen LogP contribution in [0.25, 0.3) is 0 Å². The van der Waals surface area contributed by atoms with Crippen LogP contribution in [0.4, 0.5) is 0 Å². The van der Waals surface area contributed by atoms with Crippen LogP contribution in [0.3, 0.4) is 0 Å². The number of halogens is 1. The van der Waals surface area contributed by atoms with Crippen LogP contribution in [-0.2, 0) is 10.0 Å². The van der Waals surface area contributed by atoms with Gasteiger partial charge in [0.05, 0.1) is 7.11 Å². The zero-order chi connectivity index (χ0) is 16.3. The first-order valence-electron chi connectivity index (χ1n) is 6.76. The minimum Gasteiger partial charge on any atom is -0.495 e. The first-order valence-corrected chi connectivity index (χ1v) is 9.04. The number of hydrogen-bond donors (Lipinski definition) is 1. The van der Waals surface area contributed by atoms with E-state index in [1.165, 1.54) is 7.11 Å². The summed E-state index contributed by atoms with van der Waals surface area (Å²) < 4.78 is 33.9. The van der Waals surface area contributed by atoms with Gasteiger partial charge in [0, 0.05) is 10.5 Å². The van der Waals surface area contributed by atoms with E-state index in [0.29, 0.717) is 5.75 Å². The van der Waals surface area contributed by atoms with E-state index >= 15 is 0 Å². The molecule has 0 saturated heterocycles. The summed E-state index contributed by atoms with van der Waals surface area (Å²) in [5.41, 5.74) is 1.81. The smallest absolute Gasteiger partial charge is 0.244 e. The summed E-state index contributed by atoms with van der Waals surface area (Å²) in [6.45, 7) is 3.69. The fourth-order valence-corrected chi connectivity index (χ4v) is 4.02. The van der Waals surface area contributed by atoms with Crippen LogP contribution in [0.15, 0.2) is 51.8 Å². The van der Waals surface area contributed by atoms with Crippen LogP contribution in [0, 0.1) is 6.92 Å². The number of sulfonamides is 1. The van der Waals surface area contributed by atoms with Gasteiger partial charge in [0.2, 0.25) is 10.0 Å². The molecule has 4 nitrogen and oxygen atoms in total. The predicted octanol–water partition coefficient (Wildman–Crippen LogP) is 3.81. The largest absolute Gasteiger partial charge is 0.495 e. The molecular weight excluding hydrogens is 366 g/mol. The van der Waals surface area contributed by atoms with E-state index in [4.69, 9.17) is 4.74 Å². The van der Waals surface area contributed by atoms with E-state index in [1.54, 1.807) is 12.1 Å². The first-order chi connectivity index (χ1) is 10.3. The molecule has 0 unspecified atom stereocenters. The molecule has 0 aliphatic carbocycles. The van der Waals surface area contributed by atoms with Crippen molar-refractivity contribution in [1.29, 1.82) is 0 Å². The van der Waals surface area contributed by atoms with Crippen molar-refractivity contribution in [3.05, 3.63) is 58.1 Å². The molecule has 118 valence electrons. The van der Waals surface area contributed by atoms with Gasteiger partial charge in [0.15, 0.2) is 0 Å². The van der Waals surface area contributed by atoms with E-state index in [9.17, 15) is 8.42 Å². The van der Waals surface area contributed by atoms with Gasteiger partial charge in [0.25, 0.3) is 0 Å². The molecule has 0 radical (unpaired) electrons. The van der Waals surface area contributed by atoms with Crippen LogP contribution in [0.1, 0.15) is 24.1 Å². The molecule has 1 N–H and O–H groups in total. The molecule has 6 heteroatoms. The Morgan fingerprint density at radius 1 is 1.18 bits per heavy atom. The van der Waals surface area contributed by atoms with Crippen LogP contribution in [0.2, 0.25) is 0 Å². The van der Waals surface area contributed by atoms with Crippen LogP contribution in [0.5, 0.6) is 5.75 Å². The van der Waals surface area contributed by atoms with Crippen molar-refractivity contribution in [2.24, 2.45) is 0 Å². The molecule has 0 spiro atoms. The molecule has 0 amide bonds. The van der Waals surface area contributed by atoms with Gasteiger partial charge < -0.3 is 4.74 Å². The number of aryl methyl sites for hydroxylation is 1. The fourth-order valence-electron chi connectivity index (χ4n) is 2.11. The maximum Gasteiger partial charge on any atom is 0.244 e. The highest BCUT2D eigenvalue weighted by Crippen LogP contribution is 2.31. The number of methoxy groups -OCH3 is 1. The van der Waals surface area contributed by atoms with E-state index in [0.717, 1.165) is 15.6 Å². The Bertz CT molecular complexity index is 760. The molecule has 0 aliphatic rings. The summed E-state index contributed by atoms with van der Waals surface area (Å²) in [4.78, 5) is 0.121. The number of hydrogen-bond acceptors (Lipinski definition) is 3. The topological polar surface area (TPSA) is 55.4 Å². The summed E-state index contributed by atoms with van der Waals surface area (Å²) in [5.74, 6) is 0.327. The van der Waals surface area contributed by atoms with Crippen molar-refractivity contribution in [3.8, 4) is 5.75 Å². The number of nitrogens with one attached hydrogen (secondary N) is 1.